The molecule has 0 spiro atoms. The highest BCUT2D eigenvalue weighted by Crippen LogP contribution is 2.36. The van der Waals surface area contributed by atoms with E-state index in [0.717, 1.165) is 23.1 Å². The van der Waals surface area contributed by atoms with Crippen molar-refractivity contribution in [2.75, 3.05) is 13.7 Å². The highest BCUT2D eigenvalue weighted by atomic mass is 32.1. The Morgan fingerprint density at radius 2 is 1.90 bits per heavy atom. The Morgan fingerprint density at radius 3 is 2.52 bits per heavy atom. The number of ether oxygens (including phenoxy) is 2. The van der Waals surface area contributed by atoms with Gasteiger partial charge < -0.3 is 14.0 Å². The molecular formula is C21H28N4O3S. The Hall–Kier alpha value is -2.48. The van der Waals surface area contributed by atoms with Crippen LogP contribution < -0.4 is 4.74 Å². The fourth-order valence-corrected chi connectivity index (χ4v) is 4.38. The van der Waals surface area contributed by atoms with E-state index in [4.69, 9.17) is 9.47 Å². The van der Waals surface area contributed by atoms with Crippen LogP contribution in [0.2, 0.25) is 0 Å². The van der Waals surface area contributed by atoms with E-state index in [9.17, 15) is 4.79 Å². The van der Waals surface area contributed by atoms with E-state index < -0.39 is 5.41 Å². The van der Waals surface area contributed by atoms with Gasteiger partial charge in [-0.1, -0.05) is 44.1 Å². The van der Waals surface area contributed by atoms with Crippen LogP contribution in [0.1, 0.15) is 52.1 Å². The van der Waals surface area contributed by atoms with E-state index in [1.165, 1.54) is 24.0 Å². The summed E-state index contributed by atoms with van der Waals surface area (Å²) in [6, 6.07) is 6.50. The molecule has 0 amide bonds. The van der Waals surface area contributed by atoms with E-state index in [2.05, 4.69) is 45.7 Å². The van der Waals surface area contributed by atoms with Crippen molar-refractivity contribution in [1.82, 2.24) is 19.7 Å². The van der Waals surface area contributed by atoms with Gasteiger partial charge in [-0.3, -0.25) is 4.79 Å². The van der Waals surface area contributed by atoms with Gasteiger partial charge in [-0.15, -0.1) is 10.2 Å². The molecule has 29 heavy (non-hydrogen) atoms. The molecule has 1 atom stereocenters. The van der Waals surface area contributed by atoms with E-state index in [1.54, 1.807) is 26.5 Å². The third-order valence-corrected chi connectivity index (χ3v) is 6.21. The number of carbonyl (C=O) groups is 1. The number of rotatable bonds is 9. The lowest BCUT2D eigenvalue weighted by Gasteiger charge is -2.26. The normalized spacial score (nSPS) is 13.0. The minimum Gasteiger partial charge on any atom is -0.469 e. The molecule has 1 unspecified atom stereocenters. The molecule has 2 aromatic heterocycles. The number of aromatic nitrogens is 4. The first kappa shape index (κ1) is 21.2. The molecule has 0 radical (unpaired) electrons. The first-order chi connectivity index (χ1) is 13.9. The van der Waals surface area contributed by atoms with E-state index >= 15 is 0 Å². The first-order valence-electron chi connectivity index (χ1n) is 9.85. The molecule has 0 aliphatic heterocycles. The van der Waals surface area contributed by atoms with Gasteiger partial charge in [0.25, 0.3) is 5.19 Å². The number of benzene rings is 1. The summed E-state index contributed by atoms with van der Waals surface area (Å²) in [7, 11) is 1.38. The zero-order valence-electron chi connectivity index (χ0n) is 17.6. The number of methoxy groups -OCH3 is 1. The second-order valence-corrected chi connectivity index (χ2v) is 8.79. The number of nitrogens with zero attached hydrogens (tertiary/aromatic N) is 4. The Morgan fingerprint density at radius 1 is 1.21 bits per heavy atom. The summed E-state index contributed by atoms with van der Waals surface area (Å²) in [5, 5.41) is 8.55. The standard InChI is InChI=1S/C21H28N4O3S/c1-6-14(7-2)18(25-12-22-23-13-25)15-8-9-16-17(10-15)29-20(24-16)28-11-21(3,4)19(26)27-5/h8-10,12-14,18H,6-7,11H2,1-5H3. The molecule has 2 heterocycles. The second kappa shape index (κ2) is 8.90. The van der Waals surface area contributed by atoms with Crippen molar-refractivity contribution in [2.45, 2.75) is 46.6 Å². The number of carbonyl (C=O) groups excluding carboxylic acids is 1. The molecule has 8 heteroatoms. The molecule has 7 nitrogen and oxygen atoms in total. The molecule has 0 aliphatic rings. The summed E-state index contributed by atoms with van der Waals surface area (Å²) in [5.41, 5.74) is 1.36. The second-order valence-electron chi connectivity index (χ2n) is 7.80. The molecule has 156 valence electrons. The fraction of sp³-hybridized carbons (Fsp3) is 0.524. The fourth-order valence-electron chi connectivity index (χ4n) is 3.52. The maximum absolute atomic E-state index is 11.8. The van der Waals surface area contributed by atoms with Gasteiger partial charge in [-0.05, 0) is 37.5 Å². The van der Waals surface area contributed by atoms with Crippen LogP contribution in [0.15, 0.2) is 30.9 Å². The maximum Gasteiger partial charge on any atom is 0.314 e. The van der Waals surface area contributed by atoms with Crippen molar-refractivity contribution in [2.24, 2.45) is 11.3 Å². The lowest BCUT2D eigenvalue weighted by atomic mass is 9.88. The molecule has 0 bridgehead atoms. The molecule has 3 aromatic rings. The number of hydrogen-bond donors (Lipinski definition) is 0. The van der Waals surface area contributed by atoms with E-state index in [1.807, 2.05) is 6.07 Å². The molecular weight excluding hydrogens is 388 g/mol. The molecule has 0 N–H and O–H groups in total. The maximum atomic E-state index is 11.8. The lowest BCUT2D eigenvalue weighted by Crippen LogP contribution is -2.32. The van der Waals surface area contributed by atoms with Crippen LogP contribution in [0, 0.1) is 11.3 Å². The highest BCUT2D eigenvalue weighted by Gasteiger charge is 2.30. The van der Waals surface area contributed by atoms with Crippen molar-refractivity contribution < 1.29 is 14.3 Å². The summed E-state index contributed by atoms with van der Waals surface area (Å²) in [5.74, 6) is 0.177. The quantitative estimate of drug-likeness (QED) is 0.478. The van der Waals surface area contributed by atoms with Gasteiger partial charge in [-0.2, -0.15) is 0 Å². The minimum atomic E-state index is -0.729. The van der Waals surface area contributed by atoms with Crippen molar-refractivity contribution in [3.8, 4) is 5.19 Å². The number of fused-ring (bicyclic) bond motifs is 1. The van der Waals surface area contributed by atoms with Crippen molar-refractivity contribution in [1.29, 1.82) is 0 Å². The SMILES string of the molecule is CCC(CC)C(c1ccc2nc(OCC(C)(C)C(=O)OC)sc2c1)n1cnnc1. The third kappa shape index (κ3) is 4.58. The largest absolute Gasteiger partial charge is 0.469 e. The van der Waals surface area contributed by atoms with Crippen LogP contribution in [0.25, 0.3) is 10.2 Å². The first-order valence-corrected chi connectivity index (χ1v) is 10.7. The van der Waals surface area contributed by atoms with Crippen LogP contribution in [0.3, 0.4) is 0 Å². The summed E-state index contributed by atoms with van der Waals surface area (Å²) in [6.07, 6.45) is 5.70. The third-order valence-electron chi connectivity index (χ3n) is 5.28. The predicted molar refractivity (Wildman–Crippen MR) is 113 cm³/mol. The van der Waals surface area contributed by atoms with Crippen LogP contribution in [-0.2, 0) is 9.53 Å². The molecule has 0 aliphatic carbocycles. The van der Waals surface area contributed by atoms with Crippen molar-refractivity contribution >= 4 is 27.5 Å². The zero-order valence-corrected chi connectivity index (χ0v) is 18.4. The molecule has 0 saturated heterocycles. The smallest absolute Gasteiger partial charge is 0.314 e. The molecule has 1 aromatic carbocycles. The molecule has 0 saturated carbocycles. The molecule has 3 rings (SSSR count). The summed E-state index contributed by atoms with van der Waals surface area (Å²) in [4.78, 5) is 16.4. The van der Waals surface area contributed by atoms with E-state index in [0.29, 0.717) is 11.1 Å². The van der Waals surface area contributed by atoms with Gasteiger partial charge in [0, 0.05) is 0 Å². The summed E-state index contributed by atoms with van der Waals surface area (Å²) in [6.45, 7) is 8.23. The average molecular weight is 417 g/mol. The minimum absolute atomic E-state index is 0.175. The van der Waals surface area contributed by atoms with Gasteiger partial charge in [0.15, 0.2) is 0 Å². The highest BCUT2D eigenvalue weighted by molar-refractivity contribution is 7.20. The van der Waals surface area contributed by atoms with Gasteiger partial charge in [0.1, 0.15) is 19.3 Å². The van der Waals surface area contributed by atoms with Crippen LogP contribution in [0.4, 0.5) is 0 Å². The predicted octanol–water partition coefficient (Wildman–Crippen LogP) is 4.49. The van der Waals surface area contributed by atoms with E-state index in [-0.39, 0.29) is 18.6 Å². The Balaban J connectivity index is 1.87. The number of esters is 1. The average Bonchev–Trinajstić information content (AvgIpc) is 3.38. The topological polar surface area (TPSA) is 79.1 Å². The Bertz CT molecular complexity index is 948. The van der Waals surface area contributed by atoms with Crippen LogP contribution in [-0.4, -0.2) is 39.4 Å². The van der Waals surface area contributed by atoms with Gasteiger partial charge in [-0.25, -0.2) is 4.98 Å². The van der Waals surface area contributed by atoms with Gasteiger partial charge in [0.05, 0.1) is 28.8 Å². The monoisotopic (exact) mass is 416 g/mol. The Labute approximate surface area is 175 Å². The van der Waals surface area contributed by atoms with Crippen molar-refractivity contribution in [3.63, 3.8) is 0 Å². The van der Waals surface area contributed by atoms with Crippen LogP contribution in [0.5, 0.6) is 5.19 Å². The summed E-state index contributed by atoms with van der Waals surface area (Å²) < 4.78 is 13.8. The van der Waals surface area contributed by atoms with Crippen LogP contribution >= 0.6 is 11.3 Å². The molecule has 0 fully saturated rings. The summed E-state index contributed by atoms with van der Waals surface area (Å²) >= 11 is 1.49. The number of hydrogen-bond acceptors (Lipinski definition) is 7. The van der Waals surface area contributed by atoms with Crippen molar-refractivity contribution in [3.05, 3.63) is 36.4 Å². The lowest BCUT2D eigenvalue weighted by molar-refractivity contribution is -0.152. The number of thiazole rings is 1. The van der Waals surface area contributed by atoms with Gasteiger partial charge >= 0.3 is 5.97 Å². The Kier molecular flexibility index (Phi) is 6.52. The van der Waals surface area contributed by atoms with Gasteiger partial charge in [0.2, 0.25) is 0 Å². The zero-order chi connectivity index (χ0) is 21.0.